The molecule has 120 valence electrons. The van der Waals surface area contributed by atoms with E-state index in [-0.39, 0.29) is 0 Å². The quantitative estimate of drug-likeness (QED) is 0.642. The Hall–Kier alpha value is -1.83. The lowest BCUT2D eigenvalue weighted by molar-refractivity contribution is 0.461. The maximum absolute atomic E-state index is 4.64. The molecule has 0 aliphatic carbocycles. The van der Waals surface area contributed by atoms with Gasteiger partial charge in [-0.1, -0.05) is 0 Å². The number of aryl methyl sites for hydroxylation is 2. The highest BCUT2D eigenvalue weighted by atomic mass is 79.9. The fraction of sp³-hybridized carbons (Fsp3) is 0.500. The Morgan fingerprint density at radius 2 is 2.18 bits per heavy atom. The standard InChI is InChI=1S/C14H22BrN7/c1-5-16-14(17-7-13-19-18-10-22(13)4)21(3)9-12-6-11(15)8-20(12)2/h6,8,10H,5,7,9H2,1-4H3,(H,16,17). The molecule has 0 aliphatic rings. The molecule has 0 saturated heterocycles. The zero-order valence-corrected chi connectivity index (χ0v) is 15.0. The van der Waals surface area contributed by atoms with Crippen LogP contribution in [0.15, 0.2) is 28.1 Å². The fourth-order valence-corrected chi connectivity index (χ4v) is 2.68. The van der Waals surface area contributed by atoms with Crippen LogP contribution in [0.2, 0.25) is 0 Å². The summed E-state index contributed by atoms with van der Waals surface area (Å²) in [5.41, 5.74) is 1.21. The molecular formula is C14H22BrN7. The van der Waals surface area contributed by atoms with Gasteiger partial charge in [-0.15, -0.1) is 10.2 Å². The molecule has 1 N–H and O–H groups in total. The molecule has 2 rings (SSSR count). The topological polar surface area (TPSA) is 63.3 Å². The van der Waals surface area contributed by atoms with E-state index in [0.29, 0.717) is 6.54 Å². The Balaban J connectivity index is 2.09. The van der Waals surface area contributed by atoms with Gasteiger partial charge in [0.1, 0.15) is 12.9 Å². The fourth-order valence-electron chi connectivity index (χ4n) is 2.11. The van der Waals surface area contributed by atoms with Crippen LogP contribution in [0.5, 0.6) is 0 Å². The first-order valence-electron chi connectivity index (χ1n) is 7.14. The molecule has 0 bridgehead atoms. The molecule has 2 aromatic heterocycles. The van der Waals surface area contributed by atoms with Crippen molar-refractivity contribution >= 4 is 21.9 Å². The summed E-state index contributed by atoms with van der Waals surface area (Å²) in [6.45, 7) is 4.15. The van der Waals surface area contributed by atoms with Crippen LogP contribution in [0.3, 0.4) is 0 Å². The molecule has 0 aliphatic heterocycles. The molecule has 22 heavy (non-hydrogen) atoms. The summed E-state index contributed by atoms with van der Waals surface area (Å²) in [5.74, 6) is 1.69. The lowest BCUT2D eigenvalue weighted by atomic mass is 10.4. The number of halogens is 1. The predicted molar refractivity (Wildman–Crippen MR) is 90.4 cm³/mol. The third kappa shape index (κ3) is 4.09. The van der Waals surface area contributed by atoms with E-state index in [9.17, 15) is 0 Å². The second kappa shape index (κ2) is 7.44. The van der Waals surface area contributed by atoms with Gasteiger partial charge in [-0.05, 0) is 28.9 Å². The monoisotopic (exact) mass is 367 g/mol. The van der Waals surface area contributed by atoms with Crippen LogP contribution in [0.4, 0.5) is 0 Å². The van der Waals surface area contributed by atoms with E-state index in [1.165, 1.54) is 5.69 Å². The first-order chi connectivity index (χ1) is 10.5. The molecular weight excluding hydrogens is 346 g/mol. The smallest absolute Gasteiger partial charge is 0.194 e. The third-order valence-electron chi connectivity index (χ3n) is 3.35. The number of aliphatic imine (C=N–C) groups is 1. The van der Waals surface area contributed by atoms with Gasteiger partial charge in [0, 0.05) is 44.1 Å². The van der Waals surface area contributed by atoms with E-state index in [1.54, 1.807) is 6.33 Å². The Morgan fingerprint density at radius 3 is 2.73 bits per heavy atom. The molecule has 0 saturated carbocycles. The third-order valence-corrected chi connectivity index (χ3v) is 3.78. The predicted octanol–water partition coefficient (Wildman–Crippen LogP) is 1.51. The average Bonchev–Trinajstić information content (AvgIpc) is 3.00. The normalized spacial score (nSPS) is 11.8. The van der Waals surface area contributed by atoms with Crippen molar-refractivity contribution in [1.29, 1.82) is 0 Å². The summed E-state index contributed by atoms with van der Waals surface area (Å²) in [6.07, 6.45) is 3.73. The largest absolute Gasteiger partial charge is 0.357 e. The van der Waals surface area contributed by atoms with Gasteiger partial charge in [-0.2, -0.15) is 0 Å². The first kappa shape index (κ1) is 16.5. The van der Waals surface area contributed by atoms with Crippen molar-refractivity contribution in [2.45, 2.75) is 20.0 Å². The SMILES string of the molecule is CCNC(=NCc1nncn1C)N(C)Cc1cc(Br)cn1C. The zero-order valence-electron chi connectivity index (χ0n) is 13.4. The van der Waals surface area contributed by atoms with Gasteiger partial charge in [0.2, 0.25) is 0 Å². The van der Waals surface area contributed by atoms with Gasteiger partial charge in [-0.25, -0.2) is 4.99 Å². The number of nitrogens with zero attached hydrogens (tertiary/aromatic N) is 6. The van der Waals surface area contributed by atoms with Crippen LogP contribution in [-0.2, 0) is 27.2 Å². The van der Waals surface area contributed by atoms with E-state index in [2.05, 4.69) is 58.9 Å². The summed E-state index contributed by atoms with van der Waals surface area (Å²) in [7, 11) is 5.99. The van der Waals surface area contributed by atoms with E-state index in [0.717, 1.165) is 29.3 Å². The van der Waals surface area contributed by atoms with Crippen LogP contribution >= 0.6 is 15.9 Å². The molecule has 8 heteroatoms. The van der Waals surface area contributed by atoms with Gasteiger partial charge >= 0.3 is 0 Å². The van der Waals surface area contributed by atoms with Crippen molar-refractivity contribution in [3.63, 3.8) is 0 Å². The van der Waals surface area contributed by atoms with Gasteiger partial charge < -0.3 is 19.4 Å². The highest BCUT2D eigenvalue weighted by Gasteiger charge is 2.10. The van der Waals surface area contributed by atoms with Crippen LogP contribution in [0.1, 0.15) is 18.4 Å². The van der Waals surface area contributed by atoms with Crippen LogP contribution in [0.25, 0.3) is 0 Å². The van der Waals surface area contributed by atoms with E-state index < -0.39 is 0 Å². The molecule has 0 amide bonds. The summed E-state index contributed by atoms with van der Waals surface area (Å²) in [5, 5.41) is 11.2. The first-order valence-corrected chi connectivity index (χ1v) is 7.93. The van der Waals surface area contributed by atoms with E-state index >= 15 is 0 Å². The molecule has 0 unspecified atom stereocenters. The van der Waals surface area contributed by atoms with Crippen molar-refractivity contribution in [3.05, 3.63) is 34.6 Å². The Kier molecular flexibility index (Phi) is 5.59. The number of nitrogens with one attached hydrogen (secondary N) is 1. The summed E-state index contributed by atoms with van der Waals surface area (Å²) in [4.78, 5) is 6.74. The van der Waals surface area contributed by atoms with Crippen LogP contribution in [0, 0.1) is 0 Å². The van der Waals surface area contributed by atoms with Crippen molar-refractivity contribution in [2.75, 3.05) is 13.6 Å². The van der Waals surface area contributed by atoms with Crippen LogP contribution < -0.4 is 5.32 Å². The van der Waals surface area contributed by atoms with Crippen molar-refractivity contribution in [1.82, 2.24) is 29.5 Å². The van der Waals surface area contributed by atoms with Gasteiger partial charge in [0.15, 0.2) is 11.8 Å². The zero-order chi connectivity index (χ0) is 16.1. The molecule has 7 nitrogen and oxygen atoms in total. The van der Waals surface area contributed by atoms with E-state index in [1.807, 2.05) is 31.9 Å². The van der Waals surface area contributed by atoms with Crippen molar-refractivity contribution < 1.29 is 0 Å². The number of aromatic nitrogens is 4. The minimum absolute atomic E-state index is 0.500. The lowest BCUT2D eigenvalue weighted by Crippen LogP contribution is -2.38. The molecule has 0 fully saturated rings. The number of hydrogen-bond acceptors (Lipinski definition) is 3. The summed E-state index contributed by atoms with van der Waals surface area (Å²) >= 11 is 3.50. The van der Waals surface area contributed by atoms with Crippen molar-refractivity contribution in [2.24, 2.45) is 19.1 Å². The maximum Gasteiger partial charge on any atom is 0.194 e. The highest BCUT2D eigenvalue weighted by Crippen LogP contribution is 2.15. The van der Waals surface area contributed by atoms with E-state index in [4.69, 9.17) is 0 Å². The van der Waals surface area contributed by atoms with Gasteiger partial charge in [0.05, 0.1) is 6.54 Å². The maximum atomic E-state index is 4.64. The molecule has 0 aromatic carbocycles. The van der Waals surface area contributed by atoms with Crippen LogP contribution in [-0.4, -0.2) is 43.8 Å². The molecule has 0 radical (unpaired) electrons. The Bertz CT molecular complexity index is 643. The number of guanidine groups is 1. The summed E-state index contributed by atoms with van der Waals surface area (Å²) < 4.78 is 5.06. The molecule has 0 atom stereocenters. The highest BCUT2D eigenvalue weighted by molar-refractivity contribution is 9.10. The second-order valence-electron chi connectivity index (χ2n) is 5.14. The Labute approximate surface area is 139 Å². The summed E-state index contributed by atoms with van der Waals surface area (Å²) in [6, 6.07) is 2.11. The number of hydrogen-bond donors (Lipinski definition) is 1. The molecule has 2 aromatic rings. The second-order valence-corrected chi connectivity index (χ2v) is 6.06. The minimum atomic E-state index is 0.500. The van der Waals surface area contributed by atoms with Gasteiger partial charge in [0.25, 0.3) is 0 Å². The number of rotatable bonds is 5. The molecule has 0 spiro atoms. The average molecular weight is 368 g/mol. The molecule has 2 heterocycles. The van der Waals surface area contributed by atoms with Crippen molar-refractivity contribution in [3.8, 4) is 0 Å². The lowest BCUT2D eigenvalue weighted by Gasteiger charge is -2.22. The van der Waals surface area contributed by atoms with Gasteiger partial charge in [-0.3, -0.25) is 0 Å². The minimum Gasteiger partial charge on any atom is -0.357 e. The Morgan fingerprint density at radius 1 is 1.41 bits per heavy atom.